The molecular weight excluding hydrogens is 362 g/mol. The van der Waals surface area contributed by atoms with Crippen LogP contribution in [0, 0.1) is 18.6 Å². The molecule has 0 amide bonds. The molecule has 2 aromatic rings. The van der Waals surface area contributed by atoms with Gasteiger partial charge in [-0.05, 0) is 44.7 Å². The van der Waals surface area contributed by atoms with E-state index in [1.54, 1.807) is 11.6 Å². The summed E-state index contributed by atoms with van der Waals surface area (Å²) in [6, 6.07) is 3.38. The summed E-state index contributed by atoms with van der Waals surface area (Å²) in [5, 5.41) is 4.34. The van der Waals surface area contributed by atoms with E-state index in [-0.39, 0.29) is 30.5 Å². The number of halogens is 3. The smallest absolute Gasteiger partial charge is 0.148 e. The fraction of sp³-hybridized carbons (Fsp3) is 0.556. The molecule has 5 nitrogen and oxygen atoms in total. The van der Waals surface area contributed by atoms with E-state index >= 15 is 0 Å². The van der Waals surface area contributed by atoms with E-state index in [2.05, 4.69) is 17.0 Å². The molecule has 0 unspecified atom stereocenters. The summed E-state index contributed by atoms with van der Waals surface area (Å²) in [5.74, 6) is 0.0992. The van der Waals surface area contributed by atoms with Crippen molar-refractivity contribution in [3.05, 3.63) is 41.5 Å². The SMILES string of the molecule is CCCO[C@@H]1C[C@@H](c2nc(C)nn2-c2cc(F)cc(F)c2)CC[C@H]1N.Cl. The van der Waals surface area contributed by atoms with Crippen LogP contribution in [0.15, 0.2) is 18.2 Å². The minimum Gasteiger partial charge on any atom is -0.377 e. The van der Waals surface area contributed by atoms with Crippen LogP contribution in [0.2, 0.25) is 0 Å². The van der Waals surface area contributed by atoms with Gasteiger partial charge in [-0.3, -0.25) is 0 Å². The standard InChI is InChI=1S/C18H24F2N4O.ClH/c1-3-6-25-17-7-12(4-5-16(17)21)18-22-11(2)23-24(18)15-9-13(19)8-14(20)10-15;/h8-10,12,16-17H,3-7,21H2,1-2H3;1H/t12-,16+,17+;/m0./s1. The molecule has 0 saturated heterocycles. The van der Waals surface area contributed by atoms with Crippen molar-refractivity contribution in [1.82, 2.24) is 14.8 Å². The van der Waals surface area contributed by atoms with Crippen molar-refractivity contribution in [3.8, 4) is 5.69 Å². The monoisotopic (exact) mass is 386 g/mol. The number of aryl methyl sites for hydroxylation is 1. The summed E-state index contributed by atoms with van der Waals surface area (Å²) in [7, 11) is 0. The molecule has 2 N–H and O–H groups in total. The molecule has 8 heteroatoms. The van der Waals surface area contributed by atoms with Crippen molar-refractivity contribution in [2.45, 2.75) is 57.6 Å². The molecule has 1 aliphatic carbocycles. The number of aromatic nitrogens is 3. The molecule has 1 aliphatic rings. The highest BCUT2D eigenvalue weighted by molar-refractivity contribution is 5.85. The highest BCUT2D eigenvalue weighted by atomic mass is 35.5. The average molecular weight is 387 g/mol. The molecule has 3 atom stereocenters. The lowest BCUT2D eigenvalue weighted by molar-refractivity contribution is 0.00883. The van der Waals surface area contributed by atoms with E-state index < -0.39 is 11.6 Å². The van der Waals surface area contributed by atoms with Crippen LogP contribution >= 0.6 is 12.4 Å². The van der Waals surface area contributed by atoms with Gasteiger partial charge in [0.2, 0.25) is 0 Å². The van der Waals surface area contributed by atoms with E-state index in [0.29, 0.717) is 23.9 Å². The van der Waals surface area contributed by atoms with Crippen LogP contribution in [-0.2, 0) is 4.74 Å². The summed E-state index contributed by atoms with van der Waals surface area (Å²) >= 11 is 0. The topological polar surface area (TPSA) is 66.0 Å². The Kier molecular flexibility index (Phi) is 7.08. The summed E-state index contributed by atoms with van der Waals surface area (Å²) in [4.78, 5) is 4.52. The fourth-order valence-corrected chi connectivity index (χ4v) is 3.40. The quantitative estimate of drug-likeness (QED) is 0.851. The first-order valence-electron chi connectivity index (χ1n) is 8.75. The van der Waals surface area contributed by atoms with Gasteiger partial charge in [-0.1, -0.05) is 6.92 Å². The molecule has 0 aliphatic heterocycles. The van der Waals surface area contributed by atoms with Gasteiger partial charge in [0.05, 0.1) is 11.8 Å². The third-order valence-electron chi connectivity index (χ3n) is 4.57. The first-order valence-corrected chi connectivity index (χ1v) is 8.75. The van der Waals surface area contributed by atoms with Crippen LogP contribution in [0.3, 0.4) is 0 Å². The summed E-state index contributed by atoms with van der Waals surface area (Å²) in [6.45, 7) is 4.51. The van der Waals surface area contributed by atoms with Crippen molar-refractivity contribution in [2.24, 2.45) is 5.73 Å². The van der Waals surface area contributed by atoms with Crippen molar-refractivity contribution in [2.75, 3.05) is 6.61 Å². The Hall–Kier alpha value is -1.57. The minimum absolute atomic E-state index is 0. The molecule has 1 aromatic heterocycles. The Bertz CT molecular complexity index is 720. The van der Waals surface area contributed by atoms with Gasteiger partial charge in [-0.2, -0.15) is 5.10 Å². The Morgan fingerprint density at radius 2 is 1.92 bits per heavy atom. The van der Waals surface area contributed by atoms with Crippen LogP contribution < -0.4 is 5.73 Å². The van der Waals surface area contributed by atoms with E-state index in [1.165, 1.54) is 12.1 Å². The fourth-order valence-electron chi connectivity index (χ4n) is 3.40. The largest absolute Gasteiger partial charge is 0.377 e. The zero-order chi connectivity index (χ0) is 18.0. The van der Waals surface area contributed by atoms with Gasteiger partial charge in [-0.15, -0.1) is 12.4 Å². The Labute approximate surface area is 158 Å². The third kappa shape index (κ3) is 4.58. The van der Waals surface area contributed by atoms with Gasteiger partial charge in [0.1, 0.15) is 23.3 Å². The number of hydrogen-bond donors (Lipinski definition) is 1. The van der Waals surface area contributed by atoms with Crippen LogP contribution in [0.5, 0.6) is 0 Å². The lowest BCUT2D eigenvalue weighted by atomic mass is 9.83. The maximum Gasteiger partial charge on any atom is 0.148 e. The van der Waals surface area contributed by atoms with E-state index in [4.69, 9.17) is 10.5 Å². The van der Waals surface area contributed by atoms with E-state index in [0.717, 1.165) is 31.7 Å². The van der Waals surface area contributed by atoms with Gasteiger partial charge in [0.15, 0.2) is 0 Å². The predicted molar refractivity (Wildman–Crippen MR) is 97.9 cm³/mol. The summed E-state index contributed by atoms with van der Waals surface area (Å²) in [5.41, 5.74) is 6.53. The zero-order valence-corrected chi connectivity index (χ0v) is 15.8. The van der Waals surface area contributed by atoms with Crippen molar-refractivity contribution in [1.29, 1.82) is 0 Å². The van der Waals surface area contributed by atoms with Crippen molar-refractivity contribution < 1.29 is 13.5 Å². The molecule has 0 radical (unpaired) electrons. The third-order valence-corrected chi connectivity index (χ3v) is 4.57. The number of ether oxygens (including phenoxy) is 1. The van der Waals surface area contributed by atoms with Crippen molar-refractivity contribution >= 4 is 12.4 Å². The molecule has 26 heavy (non-hydrogen) atoms. The van der Waals surface area contributed by atoms with Gasteiger partial charge < -0.3 is 10.5 Å². The average Bonchev–Trinajstić information content (AvgIpc) is 2.95. The minimum atomic E-state index is -0.635. The number of rotatable bonds is 5. The highest BCUT2D eigenvalue weighted by Crippen LogP contribution is 2.34. The lowest BCUT2D eigenvalue weighted by Gasteiger charge is -2.33. The summed E-state index contributed by atoms with van der Waals surface area (Å²) in [6.07, 6.45) is 3.31. The molecule has 0 spiro atoms. The normalized spacial score (nSPS) is 22.9. The number of hydrogen-bond acceptors (Lipinski definition) is 4. The Balaban J connectivity index is 0.00000243. The second kappa shape index (κ2) is 8.88. The van der Waals surface area contributed by atoms with E-state index in [9.17, 15) is 8.78 Å². The molecule has 3 rings (SSSR count). The maximum absolute atomic E-state index is 13.6. The molecule has 0 bridgehead atoms. The van der Waals surface area contributed by atoms with Crippen LogP contribution in [0.4, 0.5) is 8.78 Å². The highest BCUT2D eigenvalue weighted by Gasteiger charge is 2.32. The first-order chi connectivity index (χ1) is 12.0. The second-order valence-corrected chi connectivity index (χ2v) is 6.64. The van der Waals surface area contributed by atoms with Gasteiger partial charge in [-0.25, -0.2) is 18.4 Å². The number of nitrogens with zero attached hydrogens (tertiary/aromatic N) is 3. The first kappa shape index (κ1) is 20.7. The Morgan fingerprint density at radius 1 is 1.23 bits per heavy atom. The molecular formula is C18H25ClF2N4O. The second-order valence-electron chi connectivity index (χ2n) is 6.64. The van der Waals surface area contributed by atoms with Crippen LogP contribution in [0.25, 0.3) is 5.69 Å². The molecule has 1 aromatic carbocycles. The van der Waals surface area contributed by atoms with Crippen LogP contribution in [-0.4, -0.2) is 33.5 Å². The zero-order valence-electron chi connectivity index (χ0n) is 15.0. The number of benzene rings is 1. The molecule has 1 heterocycles. The van der Waals surface area contributed by atoms with Crippen LogP contribution in [0.1, 0.15) is 50.2 Å². The molecule has 1 fully saturated rings. The van der Waals surface area contributed by atoms with Gasteiger partial charge >= 0.3 is 0 Å². The Morgan fingerprint density at radius 3 is 2.58 bits per heavy atom. The van der Waals surface area contributed by atoms with Gasteiger partial charge in [0, 0.05) is 24.6 Å². The summed E-state index contributed by atoms with van der Waals surface area (Å²) < 4.78 is 34.6. The number of nitrogens with two attached hydrogens (primary N) is 1. The lowest BCUT2D eigenvalue weighted by Crippen LogP contribution is -2.42. The predicted octanol–water partition coefficient (Wildman–Crippen LogP) is 3.67. The van der Waals surface area contributed by atoms with Gasteiger partial charge in [0.25, 0.3) is 0 Å². The molecule has 144 valence electrons. The molecule has 1 saturated carbocycles. The van der Waals surface area contributed by atoms with Crippen molar-refractivity contribution in [3.63, 3.8) is 0 Å². The van der Waals surface area contributed by atoms with E-state index in [1.807, 2.05) is 0 Å². The maximum atomic E-state index is 13.6.